The van der Waals surface area contributed by atoms with Gasteiger partial charge in [0.25, 0.3) is 0 Å². The molecular weight excluding hydrogens is 312 g/mol. The van der Waals surface area contributed by atoms with Gasteiger partial charge in [-0.1, -0.05) is 25.2 Å². The number of hydrogen-bond donors (Lipinski definition) is 0. The van der Waals surface area contributed by atoms with Crippen molar-refractivity contribution in [3.63, 3.8) is 0 Å². The predicted octanol–water partition coefficient (Wildman–Crippen LogP) is 1.80. The van der Waals surface area contributed by atoms with Crippen molar-refractivity contribution in [3.8, 4) is 0 Å². The largest absolute Gasteiger partial charge is 0.369 e. The summed E-state index contributed by atoms with van der Waals surface area (Å²) in [6.07, 6.45) is 6.12. The molecule has 0 radical (unpaired) electrons. The highest BCUT2D eigenvalue weighted by atomic mass is 16.2. The topological polar surface area (TPSA) is 30.0 Å². The minimum atomic E-state index is 0.287. The lowest BCUT2D eigenvalue weighted by atomic mass is 10.2. The minimum Gasteiger partial charge on any atom is -0.369 e. The second-order valence-electron chi connectivity index (χ2n) is 7.13. The van der Waals surface area contributed by atoms with Crippen LogP contribution in [-0.2, 0) is 4.79 Å². The molecule has 0 atom stereocenters. The van der Waals surface area contributed by atoms with Gasteiger partial charge in [-0.3, -0.25) is 9.69 Å². The average Bonchev–Trinajstić information content (AvgIpc) is 2.61. The number of carbonyl (C=O) groups is 1. The maximum atomic E-state index is 12.5. The van der Waals surface area contributed by atoms with Gasteiger partial charge < -0.3 is 14.7 Å². The number of nitrogens with zero attached hydrogens (tertiary/aromatic N) is 4. The van der Waals surface area contributed by atoms with Crippen molar-refractivity contribution >= 4 is 5.91 Å². The van der Waals surface area contributed by atoms with E-state index >= 15 is 0 Å². The number of amides is 1. The van der Waals surface area contributed by atoms with E-state index in [-0.39, 0.29) is 5.91 Å². The number of hydrogen-bond acceptors (Lipinski definition) is 4. The first-order valence-electron chi connectivity index (χ1n) is 9.48. The Morgan fingerprint density at radius 1 is 0.920 bits per heavy atom. The standard InChI is InChI=1S/C20H34N4O/c1-5-7-19(16-18(3)4)23-12-10-22(11-13-23)17-20(25)24-14-8-21(6-2)9-15-24/h5,7,16H,1,6,8-15,17H2,2-4H3/b19-7+. The Bertz CT molecular complexity index is 506. The third-order valence-corrected chi connectivity index (χ3v) is 4.99. The monoisotopic (exact) mass is 346 g/mol. The number of rotatable bonds is 6. The Labute approximate surface area is 153 Å². The lowest BCUT2D eigenvalue weighted by Crippen LogP contribution is -2.53. The van der Waals surface area contributed by atoms with Gasteiger partial charge in [-0.05, 0) is 32.5 Å². The zero-order chi connectivity index (χ0) is 18.2. The lowest BCUT2D eigenvalue weighted by Gasteiger charge is -2.38. The van der Waals surface area contributed by atoms with E-state index in [9.17, 15) is 4.79 Å². The van der Waals surface area contributed by atoms with Crippen LogP contribution in [0.2, 0.25) is 0 Å². The van der Waals surface area contributed by atoms with Crippen molar-refractivity contribution in [3.05, 3.63) is 36.1 Å². The Balaban J connectivity index is 1.80. The van der Waals surface area contributed by atoms with Crippen LogP contribution in [0.4, 0.5) is 0 Å². The molecule has 2 saturated heterocycles. The molecule has 140 valence electrons. The van der Waals surface area contributed by atoms with E-state index in [2.05, 4.69) is 54.2 Å². The summed E-state index contributed by atoms with van der Waals surface area (Å²) in [5, 5.41) is 0. The molecule has 0 unspecified atom stereocenters. The maximum Gasteiger partial charge on any atom is 0.236 e. The van der Waals surface area contributed by atoms with Crippen molar-refractivity contribution < 1.29 is 4.79 Å². The summed E-state index contributed by atoms with van der Waals surface area (Å²) in [6.45, 7) is 19.4. The molecule has 2 heterocycles. The fourth-order valence-electron chi connectivity index (χ4n) is 3.43. The first-order chi connectivity index (χ1) is 12.0. The number of allylic oxidation sites excluding steroid dienone is 4. The van der Waals surface area contributed by atoms with E-state index < -0.39 is 0 Å². The number of carbonyl (C=O) groups excluding carboxylic acids is 1. The van der Waals surface area contributed by atoms with Crippen molar-refractivity contribution in [2.24, 2.45) is 0 Å². The fraction of sp³-hybridized carbons (Fsp3) is 0.650. The third-order valence-electron chi connectivity index (χ3n) is 4.99. The highest BCUT2D eigenvalue weighted by Gasteiger charge is 2.24. The Morgan fingerprint density at radius 3 is 2.00 bits per heavy atom. The van der Waals surface area contributed by atoms with Crippen LogP contribution in [0.5, 0.6) is 0 Å². The number of likely N-dealkylation sites (N-methyl/N-ethyl adjacent to an activating group) is 1. The van der Waals surface area contributed by atoms with Crippen molar-refractivity contribution in [2.45, 2.75) is 20.8 Å². The molecular formula is C20H34N4O. The summed E-state index contributed by atoms with van der Waals surface area (Å²) >= 11 is 0. The van der Waals surface area contributed by atoms with E-state index in [1.165, 1.54) is 11.3 Å². The normalized spacial score (nSPS) is 20.5. The van der Waals surface area contributed by atoms with Gasteiger partial charge in [-0.2, -0.15) is 0 Å². The van der Waals surface area contributed by atoms with E-state index in [4.69, 9.17) is 0 Å². The fourth-order valence-corrected chi connectivity index (χ4v) is 3.43. The summed E-state index contributed by atoms with van der Waals surface area (Å²) in [6, 6.07) is 0. The van der Waals surface area contributed by atoms with Gasteiger partial charge in [-0.25, -0.2) is 0 Å². The average molecular weight is 347 g/mol. The zero-order valence-electron chi connectivity index (χ0n) is 16.2. The summed E-state index contributed by atoms with van der Waals surface area (Å²) in [4.78, 5) is 21.7. The summed E-state index contributed by atoms with van der Waals surface area (Å²) in [7, 11) is 0. The first kappa shape index (κ1) is 19.7. The van der Waals surface area contributed by atoms with E-state index in [1.54, 1.807) is 0 Å². The first-order valence-corrected chi connectivity index (χ1v) is 9.48. The molecule has 0 bridgehead atoms. The molecule has 0 saturated carbocycles. The molecule has 2 rings (SSSR count). The van der Waals surface area contributed by atoms with E-state index in [0.29, 0.717) is 6.54 Å². The van der Waals surface area contributed by atoms with Crippen LogP contribution in [-0.4, -0.2) is 91.0 Å². The van der Waals surface area contributed by atoms with Crippen molar-refractivity contribution in [1.82, 2.24) is 19.6 Å². The molecule has 5 heteroatoms. The Hall–Kier alpha value is -1.59. The van der Waals surface area contributed by atoms with Crippen LogP contribution in [0.15, 0.2) is 36.1 Å². The van der Waals surface area contributed by atoms with Crippen LogP contribution in [0.25, 0.3) is 0 Å². The lowest BCUT2D eigenvalue weighted by molar-refractivity contribution is -0.134. The second-order valence-corrected chi connectivity index (χ2v) is 7.13. The molecule has 0 aliphatic carbocycles. The van der Waals surface area contributed by atoms with Crippen LogP contribution in [0.3, 0.4) is 0 Å². The molecule has 1 amide bonds. The third kappa shape index (κ3) is 6.01. The quantitative estimate of drug-likeness (QED) is 0.686. The molecule has 0 aromatic carbocycles. The molecule has 0 N–H and O–H groups in total. The number of piperazine rings is 2. The summed E-state index contributed by atoms with van der Waals surface area (Å²) < 4.78 is 0. The molecule has 0 aromatic heterocycles. The van der Waals surface area contributed by atoms with Crippen LogP contribution in [0, 0.1) is 0 Å². The van der Waals surface area contributed by atoms with Gasteiger partial charge in [0.1, 0.15) is 0 Å². The molecule has 5 nitrogen and oxygen atoms in total. The van der Waals surface area contributed by atoms with E-state index in [0.717, 1.165) is 58.9 Å². The Kier molecular flexibility index (Phi) is 7.72. The van der Waals surface area contributed by atoms with E-state index in [1.807, 2.05) is 11.0 Å². The molecule has 0 spiro atoms. The van der Waals surface area contributed by atoms with Crippen molar-refractivity contribution in [2.75, 3.05) is 65.4 Å². The molecule has 2 fully saturated rings. The minimum absolute atomic E-state index is 0.287. The van der Waals surface area contributed by atoms with Gasteiger partial charge in [-0.15, -0.1) is 0 Å². The molecule has 25 heavy (non-hydrogen) atoms. The van der Waals surface area contributed by atoms with Gasteiger partial charge in [0.15, 0.2) is 0 Å². The van der Waals surface area contributed by atoms with Crippen LogP contribution >= 0.6 is 0 Å². The zero-order valence-corrected chi connectivity index (χ0v) is 16.2. The maximum absolute atomic E-state index is 12.5. The summed E-state index contributed by atoms with van der Waals surface area (Å²) in [5.41, 5.74) is 2.51. The van der Waals surface area contributed by atoms with Gasteiger partial charge in [0.05, 0.1) is 6.54 Å². The van der Waals surface area contributed by atoms with Gasteiger partial charge in [0, 0.05) is 58.1 Å². The van der Waals surface area contributed by atoms with Crippen LogP contribution in [0.1, 0.15) is 20.8 Å². The smallest absolute Gasteiger partial charge is 0.236 e. The molecule has 2 aliphatic rings. The SMILES string of the molecule is C=C/C=C(\C=C(C)C)N1CCN(CC(=O)N2CCN(CC)CC2)CC1. The van der Waals surface area contributed by atoms with Crippen LogP contribution < -0.4 is 0 Å². The molecule has 2 aliphatic heterocycles. The predicted molar refractivity (Wildman–Crippen MR) is 104 cm³/mol. The Morgan fingerprint density at radius 2 is 1.48 bits per heavy atom. The highest BCUT2D eigenvalue weighted by molar-refractivity contribution is 5.78. The van der Waals surface area contributed by atoms with Gasteiger partial charge in [0.2, 0.25) is 5.91 Å². The second kappa shape index (κ2) is 9.78. The van der Waals surface area contributed by atoms with Gasteiger partial charge >= 0.3 is 0 Å². The van der Waals surface area contributed by atoms with Crippen molar-refractivity contribution in [1.29, 1.82) is 0 Å². The molecule has 0 aromatic rings. The highest BCUT2D eigenvalue weighted by Crippen LogP contribution is 2.13. The summed E-state index contributed by atoms with van der Waals surface area (Å²) in [5.74, 6) is 0.287.